The Balaban J connectivity index is 2.17. The van der Waals surface area contributed by atoms with Gasteiger partial charge >= 0.3 is 0 Å². The van der Waals surface area contributed by atoms with Crippen LogP contribution in [0.5, 0.6) is 0 Å². The molecule has 2 aromatic rings. The summed E-state index contributed by atoms with van der Waals surface area (Å²) >= 11 is 0. The number of halogens is 1. The van der Waals surface area contributed by atoms with Crippen LogP contribution in [0.15, 0.2) is 47.4 Å². The number of nitro benzene ring substituents is 1. The van der Waals surface area contributed by atoms with Gasteiger partial charge in [-0.25, -0.2) is 4.39 Å². The Labute approximate surface area is 116 Å². The largest absolute Gasteiger partial charge is 0.399 e. The van der Waals surface area contributed by atoms with Gasteiger partial charge in [0.05, 0.1) is 21.5 Å². The van der Waals surface area contributed by atoms with Crippen molar-refractivity contribution in [1.29, 1.82) is 0 Å². The zero-order chi connectivity index (χ0) is 14.7. The van der Waals surface area contributed by atoms with Gasteiger partial charge in [-0.2, -0.15) is 0 Å². The highest BCUT2D eigenvalue weighted by Gasteiger charge is 2.10. The lowest BCUT2D eigenvalue weighted by molar-refractivity contribution is -0.384. The zero-order valence-corrected chi connectivity index (χ0v) is 11.1. The van der Waals surface area contributed by atoms with Crippen LogP contribution in [-0.4, -0.2) is 9.13 Å². The van der Waals surface area contributed by atoms with Crippen LogP contribution >= 0.6 is 0 Å². The van der Waals surface area contributed by atoms with E-state index in [-0.39, 0.29) is 17.1 Å². The highest BCUT2D eigenvalue weighted by Crippen LogP contribution is 2.19. The molecule has 20 heavy (non-hydrogen) atoms. The fourth-order valence-corrected chi connectivity index (χ4v) is 2.79. The average molecular weight is 294 g/mol. The summed E-state index contributed by atoms with van der Waals surface area (Å²) in [5, 5.41) is 10.5. The zero-order valence-electron chi connectivity index (χ0n) is 10.3. The van der Waals surface area contributed by atoms with E-state index >= 15 is 0 Å². The molecule has 2 rings (SSSR count). The summed E-state index contributed by atoms with van der Waals surface area (Å²) in [5.41, 5.74) is 6.22. The number of nitro groups is 1. The standard InChI is InChI=1S/C13H11FN2O3S/c14-10-5-9(6-11(15)7-10)8-20(19)13-3-1-12(2-4-13)16(17)18/h1-7H,8,15H2. The van der Waals surface area contributed by atoms with Crippen molar-refractivity contribution < 1.29 is 13.5 Å². The van der Waals surface area contributed by atoms with E-state index in [0.717, 1.165) is 0 Å². The molecule has 0 spiro atoms. The molecule has 104 valence electrons. The Hall–Kier alpha value is -2.28. The van der Waals surface area contributed by atoms with Crippen molar-refractivity contribution in [2.24, 2.45) is 0 Å². The van der Waals surface area contributed by atoms with Crippen LogP contribution in [0, 0.1) is 15.9 Å². The molecule has 7 heteroatoms. The number of nitrogen functional groups attached to an aromatic ring is 1. The molecule has 0 saturated carbocycles. The summed E-state index contributed by atoms with van der Waals surface area (Å²) in [6.07, 6.45) is 0. The third-order valence-corrected chi connectivity index (χ3v) is 3.98. The van der Waals surface area contributed by atoms with Crippen molar-refractivity contribution in [2.75, 3.05) is 5.73 Å². The molecule has 0 aliphatic rings. The minimum absolute atomic E-state index is 0.0687. The molecule has 0 heterocycles. The lowest BCUT2D eigenvalue weighted by Gasteiger charge is -2.04. The second-order valence-electron chi connectivity index (χ2n) is 4.13. The van der Waals surface area contributed by atoms with E-state index in [9.17, 15) is 18.7 Å². The molecule has 0 fully saturated rings. The molecule has 0 aliphatic heterocycles. The molecule has 2 N–H and O–H groups in total. The van der Waals surface area contributed by atoms with E-state index in [0.29, 0.717) is 10.5 Å². The van der Waals surface area contributed by atoms with Crippen LogP contribution in [0.25, 0.3) is 0 Å². The number of benzene rings is 2. The van der Waals surface area contributed by atoms with Crippen molar-refractivity contribution in [1.82, 2.24) is 0 Å². The summed E-state index contributed by atoms with van der Waals surface area (Å²) in [6, 6.07) is 9.42. The number of non-ortho nitro benzene ring substituents is 1. The second kappa shape index (κ2) is 5.79. The van der Waals surface area contributed by atoms with Gasteiger partial charge in [0.15, 0.2) is 0 Å². The van der Waals surface area contributed by atoms with Crippen LogP contribution in [0.1, 0.15) is 5.56 Å². The fraction of sp³-hybridized carbons (Fsp3) is 0.0769. The number of nitrogens with two attached hydrogens (primary N) is 1. The minimum Gasteiger partial charge on any atom is -0.399 e. The van der Waals surface area contributed by atoms with Crippen molar-refractivity contribution in [3.8, 4) is 0 Å². The van der Waals surface area contributed by atoms with Gasteiger partial charge in [0, 0.05) is 22.7 Å². The maximum absolute atomic E-state index is 13.2. The summed E-state index contributed by atoms with van der Waals surface area (Å²) in [7, 11) is -1.42. The third kappa shape index (κ3) is 3.39. The summed E-state index contributed by atoms with van der Waals surface area (Å²) in [5.74, 6) is -0.388. The first-order chi connectivity index (χ1) is 9.45. The Morgan fingerprint density at radius 2 is 1.85 bits per heavy atom. The molecule has 0 aliphatic carbocycles. The van der Waals surface area contributed by atoms with Crippen LogP contribution in [-0.2, 0) is 16.6 Å². The number of anilines is 1. The maximum atomic E-state index is 13.2. The van der Waals surface area contributed by atoms with Crippen molar-refractivity contribution in [3.05, 3.63) is 64.0 Å². The number of nitrogens with zero attached hydrogens (tertiary/aromatic N) is 1. The van der Waals surface area contributed by atoms with E-state index in [1.165, 1.54) is 36.4 Å². The number of rotatable bonds is 4. The molecule has 0 saturated heterocycles. The Morgan fingerprint density at radius 1 is 1.20 bits per heavy atom. The Kier molecular flexibility index (Phi) is 4.09. The maximum Gasteiger partial charge on any atom is 0.269 e. The van der Waals surface area contributed by atoms with Crippen LogP contribution in [0.3, 0.4) is 0 Å². The highest BCUT2D eigenvalue weighted by atomic mass is 32.2. The van der Waals surface area contributed by atoms with Gasteiger partial charge < -0.3 is 5.73 Å². The quantitative estimate of drug-likeness (QED) is 0.533. The van der Waals surface area contributed by atoms with E-state index in [4.69, 9.17) is 5.73 Å². The second-order valence-corrected chi connectivity index (χ2v) is 5.58. The van der Waals surface area contributed by atoms with E-state index in [1.54, 1.807) is 6.07 Å². The van der Waals surface area contributed by atoms with Crippen molar-refractivity contribution in [2.45, 2.75) is 10.6 Å². The van der Waals surface area contributed by atoms with Gasteiger partial charge in [-0.05, 0) is 35.9 Å². The molecule has 0 radical (unpaired) electrons. The smallest absolute Gasteiger partial charge is 0.269 e. The predicted octanol–water partition coefficient (Wildman–Crippen LogP) is 2.62. The van der Waals surface area contributed by atoms with E-state index in [1.807, 2.05) is 0 Å². The molecule has 1 unspecified atom stereocenters. The van der Waals surface area contributed by atoms with E-state index in [2.05, 4.69) is 0 Å². The van der Waals surface area contributed by atoms with Gasteiger partial charge in [0.25, 0.3) is 5.69 Å². The van der Waals surface area contributed by atoms with Crippen LogP contribution in [0.2, 0.25) is 0 Å². The van der Waals surface area contributed by atoms with Crippen molar-refractivity contribution >= 4 is 22.2 Å². The van der Waals surface area contributed by atoms with Crippen molar-refractivity contribution in [3.63, 3.8) is 0 Å². The fourth-order valence-electron chi connectivity index (χ4n) is 1.71. The molecule has 0 bridgehead atoms. The lowest BCUT2D eigenvalue weighted by atomic mass is 10.2. The number of hydrogen-bond acceptors (Lipinski definition) is 4. The summed E-state index contributed by atoms with van der Waals surface area (Å²) < 4.78 is 25.3. The van der Waals surface area contributed by atoms with Gasteiger partial charge in [-0.1, -0.05) is 0 Å². The summed E-state index contributed by atoms with van der Waals surface area (Å²) in [4.78, 5) is 10.4. The molecule has 2 aromatic carbocycles. The molecule has 0 amide bonds. The number of hydrogen-bond donors (Lipinski definition) is 1. The van der Waals surface area contributed by atoms with E-state index < -0.39 is 21.5 Å². The van der Waals surface area contributed by atoms with Crippen LogP contribution < -0.4 is 5.73 Å². The van der Waals surface area contributed by atoms with Gasteiger partial charge in [-0.15, -0.1) is 0 Å². The first-order valence-electron chi connectivity index (χ1n) is 5.63. The lowest BCUT2D eigenvalue weighted by Crippen LogP contribution is -1.99. The van der Waals surface area contributed by atoms with Gasteiger partial charge in [-0.3, -0.25) is 14.3 Å². The molecular formula is C13H11FN2O3S. The SMILES string of the molecule is Nc1cc(F)cc(CS(=O)c2ccc([N+](=O)[O-])cc2)c1. The molecular weight excluding hydrogens is 283 g/mol. The molecule has 5 nitrogen and oxygen atoms in total. The minimum atomic E-state index is -1.42. The predicted molar refractivity (Wildman–Crippen MR) is 74.0 cm³/mol. The topological polar surface area (TPSA) is 86.2 Å². The third-order valence-electron chi connectivity index (χ3n) is 2.59. The first-order valence-corrected chi connectivity index (χ1v) is 6.95. The average Bonchev–Trinajstić information content (AvgIpc) is 2.37. The van der Waals surface area contributed by atoms with Gasteiger partial charge in [0.2, 0.25) is 0 Å². The Bertz CT molecular complexity index is 654. The first kappa shape index (κ1) is 14.1. The Morgan fingerprint density at radius 3 is 2.40 bits per heavy atom. The monoisotopic (exact) mass is 294 g/mol. The molecule has 0 aromatic heterocycles. The molecule has 1 atom stereocenters. The highest BCUT2D eigenvalue weighted by molar-refractivity contribution is 7.84. The van der Waals surface area contributed by atoms with Crippen LogP contribution in [0.4, 0.5) is 15.8 Å². The normalized spacial score (nSPS) is 12.1. The van der Waals surface area contributed by atoms with Gasteiger partial charge in [0.1, 0.15) is 5.82 Å². The summed E-state index contributed by atoms with van der Waals surface area (Å²) in [6.45, 7) is 0.